The van der Waals surface area contributed by atoms with Crippen LogP contribution in [-0.2, 0) is 6.54 Å². The first kappa shape index (κ1) is 22.1. The molecule has 6 nitrogen and oxygen atoms in total. The first-order chi connectivity index (χ1) is 13.9. The number of ether oxygens (including phenoxy) is 3. The van der Waals surface area contributed by atoms with E-state index in [4.69, 9.17) is 9.47 Å². The van der Waals surface area contributed by atoms with Gasteiger partial charge in [0.1, 0.15) is 23.9 Å². The number of hydrogen-bond donors (Lipinski definition) is 2. The molecule has 0 amide bonds. The number of halogens is 4. The summed E-state index contributed by atoms with van der Waals surface area (Å²) in [4.78, 5) is 4.01. The van der Waals surface area contributed by atoms with Crippen molar-refractivity contribution in [2.75, 3.05) is 27.3 Å². The van der Waals surface area contributed by atoms with E-state index in [-0.39, 0.29) is 31.2 Å². The van der Waals surface area contributed by atoms with Crippen LogP contribution < -0.4 is 24.8 Å². The van der Waals surface area contributed by atoms with Crippen LogP contribution in [0, 0.1) is 11.6 Å². The highest BCUT2D eigenvalue weighted by atomic mass is 19.3. The highest BCUT2D eigenvalue weighted by Crippen LogP contribution is 2.25. The van der Waals surface area contributed by atoms with Crippen molar-refractivity contribution in [2.45, 2.75) is 13.2 Å². The van der Waals surface area contributed by atoms with Crippen molar-refractivity contribution >= 4 is 5.96 Å². The van der Waals surface area contributed by atoms with Crippen molar-refractivity contribution < 1.29 is 31.8 Å². The largest absolute Gasteiger partial charge is 0.497 e. The van der Waals surface area contributed by atoms with Gasteiger partial charge in [-0.15, -0.1) is 0 Å². The van der Waals surface area contributed by atoms with Crippen LogP contribution in [-0.4, -0.2) is 39.9 Å². The van der Waals surface area contributed by atoms with Crippen molar-refractivity contribution in [3.05, 3.63) is 53.6 Å². The summed E-state index contributed by atoms with van der Waals surface area (Å²) in [5.74, 6) is -0.692. The van der Waals surface area contributed by atoms with E-state index >= 15 is 0 Å². The predicted octanol–water partition coefficient (Wildman–Crippen LogP) is 3.32. The fourth-order valence-electron chi connectivity index (χ4n) is 2.35. The lowest BCUT2D eigenvalue weighted by atomic mass is 10.2. The third-order valence-corrected chi connectivity index (χ3v) is 3.70. The molecule has 2 N–H and O–H groups in total. The standard InChI is InChI=1S/C19H21F4N3O3/c1-24-19(25-7-8-28-17-5-3-13(20)10-15(17)21)26-11-12-9-14(27-2)4-6-16(12)29-18(22)23/h3-6,9-10,18H,7-8,11H2,1-2H3,(H2,24,25,26). The second-order valence-corrected chi connectivity index (χ2v) is 5.63. The quantitative estimate of drug-likeness (QED) is 0.285. The first-order valence-corrected chi connectivity index (χ1v) is 8.57. The normalized spacial score (nSPS) is 11.3. The number of guanidine groups is 1. The molecule has 0 saturated heterocycles. The number of methoxy groups -OCH3 is 1. The fraction of sp³-hybridized carbons (Fsp3) is 0.316. The molecule has 0 spiro atoms. The van der Waals surface area contributed by atoms with Crippen molar-refractivity contribution in [1.82, 2.24) is 10.6 Å². The minimum Gasteiger partial charge on any atom is -0.497 e. The van der Waals surface area contributed by atoms with E-state index in [1.807, 2.05) is 0 Å². The lowest BCUT2D eigenvalue weighted by molar-refractivity contribution is -0.0505. The molecule has 10 heteroatoms. The lowest BCUT2D eigenvalue weighted by Crippen LogP contribution is -2.39. The van der Waals surface area contributed by atoms with Crippen LogP contribution in [0.1, 0.15) is 5.56 Å². The van der Waals surface area contributed by atoms with Gasteiger partial charge in [-0.2, -0.15) is 8.78 Å². The molecule has 0 aliphatic heterocycles. The maximum Gasteiger partial charge on any atom is 0.387 e. The van der Waals surface area contributed by atoms with Gasteiger partial charge >= 0.3 is 6.61 Å². The van der Waals surface area contributed by atoms with Crippen molar-refractivity contribution in [3.8, 4) is 17.2 Å². The van der Waals surface area contributed by atoms with Gasteiger partial charge in [-0.25, -0.2) is 8.78 Å². The minimum atomic E-state index is -2.96. The molecule has 2 aromatic rings. The Morgan fingerprint density at radius 2 is 1.83 bits per heavy atom. The topological polar surface area (TPSA) is 64.1 Å². The minimum absolute atomic E-state index is 0.0128. The Labute approximate surface area is 165 Å². The second-order valence-electron chi connectivity index (χ2n) is 5.63. The molecule has 0 heterocycles. The summed E-state index contributed by atoms with van der Waals surface area (Å²) in [7, 11) is 2.99. The molecule has 0 aromatic heterocycles. The van der Waals surface area contributed by atoms with Crippen LogP contribution in [0.25, 0.3) is 0 Å². The van der Waals surface area contributed by atoms with Gasteiger partial charge in [-0.05, 0) is 30.3 Å². The fourth-order valence-corrected chi connectivity index (χ4v) is 2.35. The molecule has 0 bridgehead atoms. The average Bonchev–Trinajstić information content (AvgIpc) is 2.69. The molecular weight excluding hydrogens is 394 g/mol. The zero-order valence-corrected chi connectivity index (χ0v) is 15.8. The van der Waals surface area contributed by atoms with Crippen LogP contribution >= 0.6 is 0 Å². The van der Waals surface area contributed by atoms with Gasteiger partial charge in [0.2, 0.25) is 0 Å². The first-order valence-electron chi connectivity index (χ1n) is 8.57. The van der Waals surface area contributed by atoms with E-state index in [0.717, 1.165) is 12.1 Å². The van der Waals surface area contributed by atoms with E-state index in [0.29, 0.717) is 17.3 Å². The van der Waals surface area contributed by atoms with E-state index in [1.54, 1.807) is 6.07 Å². The third kappa shape index (κ3) is 7.05. The third-order valence-electron chi connectivity index (χ3n) is 3.70. The molecule has 0 unspecified atom stereocenters. The number of rotatable bonds is 9. The van der Waals surface area contributed by atoms with Gasteiger partial charge in [0.05, 0.1) is 13.7 Å². The summed E-state index contributed by atoms with van der Waals surface area (Å²) >= 11 is 0. The Bertz CT molecular complexity index is 834. The van der Waals surface area contributed by atoms with E-state index in [9.17, 15) is 17.6 Å². The van der Waals surface area contributed by atoms with Gasteiger partial charge in [0.15, 0.2) is 17.5 Å². The Kier molecular flexibility index (Phi) is 8.38. The summed E-state index contributed by atoms with van der Waals surface area (Å²) in [5.41, 5.74) is 0.442. The Morgan fingerprint density at radius 1 is 1.07 bits per heavy atom. The molecule has 2 rings (SSSR count). The summed E-state index contributed by atoms with van der Waals surface area (Å²) in [5, 5.41) is 5.87. The Balaban J connectivity index is 1.87. The Hall–Kier alpha value is -3.17. The van der Waals surface area contributed by atoms with Crippen molar-refractivity contribution in [1.29, 1.82) is 0 Å². The molecule has 158 valence electrons. The zero-order chi connectivity index (χ0) is 21.2. The number of hydrogen-bond acceptors (Lipinski definition) is 4. The SMILES string of the molecule is CN=C(NCCOc1ccc(F)cc1F)NCc1cc(OC)ccc1OC(F)F. The number of nitrogens with one attached hydrogen (secondary N) is 2. The molecule has 29 heavy (non-hydrogen) atoms. The van der Waals surface area contributed by atoms with E-state index in [2.05, 4.69) is 20.4 Å². The van der Waals surface area contributed by atoms with Crippen molar-refractivity contribution in [3.63, 3.8) is 0 Å². The molecule has 0 aliphatic rings. The average molecular weight is 415 g/mol. The van der Waals surface area contributed by atoms with Gasteiger partial charge < -0.3 is 24.8 Å². The molecular formula is C19H21F4N3O3. The van der Waals surface area contributed by atoms with Gasteiger partial charge in [0.25, 0.3) is 0 Å². The molecule has 0 aliphatic carbocycles. The lowest BCUT2D eigenvalue weighted by Gasteiger charge is -2.15. The molecule has 0 radical (unpaired) electrons. The number of aliphatic imine (C=N–C) groups is 1. The maximum atomic E-state index is 13.5. The zero-order valence-electron chi connectivity index (χ0n) is 15.8. The van der Waals surface area contributed by atoms with Crippen molar-refractivity contribution in [2.24, 2.45) is 4.99 Å². The maximum absolute atomic E-state index is 13.5. The number of nitrogens with zero attached hydrogens (tertiary/aromatic N) is 1. The summed E-state index contributed by atoms with van der Waals surface area (Å²) in [6.07, 6.45) is 0. The van der Waals surface area contributed by atoms with Gasteiger partial charge in [0, 0.05) is 25.2 Å². The van der Waals surface area contributed by atoms with E-state index < -0.39 is 18.2 Å². The smallest absolute Gasteiger partial charge is 0.387 e. The number of benzene rings is 2. The molecule has 0 fully saturated rings. The van der Waals surface area contributed by atoms with Crippen LogP contribution in [0.2, 0.25) is 0 Å². The van der Waals surface area contributed by atoms with Gasteiger partial charge in [-0.3, -0.25) is 4.99 Å². The molecule has 0 saturated carbocycles. The van der Waals surface area contributed by atoms with Crippen LogP contribution in [0.5, 0.6) is 17.2 Å². The van der Waals surface area contributed by atoms with Crippen LogP contribution in [0.15, 0.2) is 41.4 Å². The summed E-state index contributed by atoms with van der Waals surface area (Å²) < 4.78 is 66.4. The molecule has 2 aromatic carbocycles. The van der Waals surface area contributed by atoms with Gasteiger partial charge in [-0.1, -0.05) is 0 Å². The summed E-state index contributed by atoms with van der Waals surface area (Å²) in [6, 6.07) is 7.50. The highest BCUT2D eigenvalue weighted by Gasteiger charge is 2.12. The van der Waals surface area contributed by atoms with Crippen LogP contribution in [0.4, 0.5) is 17.6 Å². The second kappa shape index (κ2) is 11.0. The van der Waals surface area contributed by atoms with E-state index in [1.165, 1.54) is 32.4 Å². The Morgan fingerprint density at radius 3 is 2.48 bits per heavy atom. The predicted molar refractivity (Wildman–Crippen MR) is 99.7 cm³/mol. The number of alkyl halides is 2. The monoisotopic (exact) mass is 415 g/mol. The molecule has 0 atom stereocenters. The summed E-state index contributed by atoms with van der Waals surface area (Å²) in [6.45, 7) is -2.48. The van der Waals surface area contributed by atoms with Crippen LogP contribution in [0.3, 0.4) is 0 Å². The highest BCUT2D eigenvalue weighted by molar-refractivity contribution is 5.79.